The van der Waals surface area contributed by atoms with E-state index in [4.69, 9.17) is 11.5 Å². The molecule has 0 amide bonds. The van der Waals surface area contributed by atoms with Gasteiger partial charge in [-0.15, -0.1) is 0 Å². The van der Waals surface area contributed by atoms with E-state index in [0.29, 0.717) is 17.5 Å². The lowest BCUT2D eigenvalue weighted by atomic mass is 10.5. The molecule has 2 heterocycles. The fourth-order valence-electron chi connectivity index (χ4n) is 0.839. The van der Waals surface area contributed by atoms with Crippen LogP contribution >= 0.6 is 0 Å². The molecule has 1 aromatic heterocycles. The summed E-state index contributed by atoms with van der Waals surface area (Å²) in [4.78, 5) is 11.5. The van der Waals surface area contributed by atoms with Gasteiger partial charge in [-0.2, -0.15) is 0 Å². The summed E-state index contributed by atoms with van der Waals surface area (Å²) in [6.07, 6.45) is 1.54. The van der Waals surface area contributed by atoms with Crippen LogP contribution in [0.15, 0.2) is 6.20 Å². The van der Waals surface area contributed by atoms with Crippen LogP contribution in [0.25, 0.3) is 0 Å². The van der Waals surface area contributed by atoms with Gasteiger partial charge in [0.2, 0.25) is 0 Å². The molecule has 0 saturated heterocycles. The van der Waals surface area contributed by atoms with E-state index in [1.807, 2.05) is 0 Å². The maximum atomic E-state index is 5.37. The van der Waals surface area contributed by atoms with Gasteiger partial charge in [0.15, 0.2) is 5.69 Å². The van der Waals surface area contributed by atoms with Gasteiger partial charge in [0, 0.05) is 0 Å². The van der Waals surface area contributed by atoms with Gasteiger partial charge in [-0.1, -0.05) is 9.98 Å². The van der Waals surface area contributed by atoms with Crippen molar-refractivity contribution in [2.75, 3.05) is 11.1 Å². The molecule has 2 rings (SSSR count). The maximum absolute atomic E-state index is 5.37. The maximum Gasteiger partial charge on any atom is 0.343 e. The molecule has 0 atom stereocenters. The Morgan fingerprint density at radius 2 is 2.27 bits per heavy atom. The van der Waals surface area contributed by atoms with E-state index in [9.17, 15) is 0 Å². The summed E-state index contributed by atoms with van der Waals surface area (Å²) in [5.74, 6) is 1.01. The zero-order valence-electron chi connectivity index (χ0n) is 5.57. The summed E-state index contributed by atoms with van der Waals surface area (Å²) in [6, 6.07) is 0. The van der Waals surface area contributed by atoms with Crippen LogP contribution in [-0.2, 0) is 0 Å². The highest BCUT2D eigenvalue weighted by molar-refractivity contribution is 5.99. The summed E-state index contributed by atoms with van der Waals surface area (Å²) in [7, 11) is 0. The molecule has 0 bridgehead atoms. The fourth-order valence-corrected chi connectivity index (χ4v) is 0.839. The molecular weight excluding hydrogens is 144 g/mol. The zero-order valence-corrected chi connectivity index (χ0v) is 5.57. The van der Waals surface area contributed by atoms with Gasteiger partial charge in [0.1, 0.15) is 0 Å². The van der Waals surface area contributed by atoms with Gasteiger partial charge in [-0.3, -0.25) is 5.32 Å². The second-order valence-electron chi connectivity index (χ2n) is 2.09. The largest absolute Gasteiger partial charge is 0.357 e. The number of hydrogen-bond donors (Lipinski definition) is 3. The van der Waals surface area contributed by atoms with E-state index < -0.39 is 0 Å². The van der Waals surface area contributed by atoms with Crippen LogP contribution in [0.1, 0.15) is 0 Å². The van der Waals surface area contributed by atoms with Gasteiger partial charge in [0.05, 0.1) is 6.20 Å². The average molecular weight is 150 g/mol. The van der Waals surface area contributed by atoms with Crippen LogP contribution in [0.5, 0.6) is 0 Å². The fraction of sp³-hybridized carbons (Fsp3) is 0. The number of aromatic nitrogens is 2. The van der Waals surface area contributed by atoms with Crippen molar-refractivity contribution >= 4 is 23.4 Å². The molecule has 0 aromatic carbocycles. The Morgan fingerprint density at radius 1 is 1.45 bits per heavy atom. The van der Waals surface area contributed by atoms with E-state index >= 15 is 0 Å². The number of hydrogen-bond acceptors (Lipinski definition) is 6. The number of nitrogen functional groups attached to an aromatic ring is 1. The lowest BCUT2D eigenvalue weighted by Gasteiger charge is -1.89. The van der Waals surface area contributed by atoms with Crippen molar-refractivity contribution in [1.29, 1.82) is 0 Å². The summed E-state index contributed by atoms with van der Waals surface area (Å²) in [5, 5.41) is 2.77. The van der Waals surface area contributed by atoms with Crippen LogP contribution in [-0.4, -0.2) is 15.9 Å². The van der Waals surface area contributed by atoms with E-state index in [-0.39, 0.29) is 5.95 Å². The van der Waals surface area contributed by atoms with Crippen molar-refractivity contribution in [1.82, 2.24) is 15.0 Å². The molecule has 0 fully saturated rings. The van der Waals surface area contributed by atoms with Crippen molar-refractivity contribution in [3.05, 3.63) is 6.20 Å². The molecule has 1 radical (unpaired) electrons. The third kappa shape index (κ3) is 0.841. The van der Waals surface area contributed by atoms with Gasteiger partial charge >= 0.3 is 11.8 Å². The number of aliphatic imine (C=N–C) groups is 1. The first kappa shape index (κ1) is 5.90. The quantitative estimate of drug-likeness (QED) is 0.429. The Labute approximate surface area is 62.4 Å². The molecule has 0 spiro atoms. The Morgan fingerprint density at radius 3 is 3.09 bits per heavy atom. The highest BCUT2D eigenvalue weighted by atomic mass is 15.2. The SMILES string of the molecule is NC1=[N+]c2nc(N)ncc2N1. The second-order valence-corrected chi connectivity index (χ2v) is 2.09. The highest BCUT2D eigenvalue weighted by Gasteiger charge is 2.21. The molecule has 0 unspecified atom stereocenters. The number of fused-ring (bicyclic) bond motifs is 1. The lowest BCUT2D eigenvalue weighted by molar-refractivity contribution is 1.15. The average Bonchev–Trinajstić information content (AvgIpc) is 2.27. The molecule has 0 saturated carbocycles. The van der Waals surface area contributed by atoms with E-state index in [2.05, 4.69) is 20.3 Å². The Bertz CT molecular complexity index is 330. The minimum atomic E-state index is 0.198. The minimum Gasteiger partial charge on any atom is -0.357 e. The topological polar surface area (TPSA) is 104 Å². The van der Waals surface area contributed by atoms with E-state index in [1.165, 1.54) is 0 Å². The molecule has 1 aromatic rings. The molecule has 1 aliphatic heterocycles. The first-order valence-electron chi connectivity index (χ1n) is 2.99. The van der Waals surface area contributed by atoms with Crippen LogP contribution in [0.3, 0.4) is 0 Å². The molecular formula is C5H6N6+. The number of anilines is 2. The van der Waals surface area contributed by atoms with Crippen molar-refractivity contribution in [2.45, 2.75) is 0 Å². The van der Waals surface area contributed by atoms with Crippen molar-refractivity contribution in [2.24, 2.45) is 5.73 Å². The summed E-state index contributed by atoms with van der Waals surface area (Å²) in [5.41, 5.74) is 11.4. The van der Waals surface area contributed by atoms with Crippen LogP contribution in [0.4, 0.5) is 17.5 Å². The monoisotopic (exact) mass is 150 g/mol. The number of nitrogens with one attached hydrogen (secondary N) is 1. The van der Waals surface area contributed by atoms with E-state index in [0.717, 1.165) is 0 Å². The highest BCUT2D eigenvalue weighted by Crippen LogP contribution is 2.19. The molecule has 1 aliphatic rings. The molecule has 55 valence electrons. The van der Waals surface area contributed by atoms with Crippen molar-refractivity contribution in [3.8, 4) is 0 Å². The predicted octanol–water partition coefficient (Wildman–Crippen LogP) is -1.23. The third-order valence-electron chi connectivity index (χ3n) is 1.28. The first-order valence-corrected chi connectivity index (χ1v) is 2.99. The minimum absolute atomic E-state index is 0.198. The van der Waals surface area contributed by atoms with Crippen LogP contribution in [0.2, 0.25) is 0 Å². The lowest BCUT2D eigenvalue weighted by Crippen LogP contribution is -2.21. The summed E-state index contributed by atoms with van der Waals surface area (Å²) < 4.78 is 0. The van der Waals surface area contributed by atoms with Gasteiger partial charge < -0.3 is 11.5 Å². The molecule has 6 nitrogen and oxygen atoms in total. The summed E-state index contributed by atoms with van der Waals surface area (Å²) in [6.45, 7) is 0. The first-order chi connectivity index (χ1) is 5.25. The van der Waals surface area contributed by atoms with Crippen LogP contribution < -0.4 is 21.8 Å². The molecule has 11 heavy (non-hydrogen) atoms. The second kappa shape index (κ2) is 1.82. The number of nitrogens with zero attached hydrogens (tertiary/aromatic N) is 3. The Hall–Kier alpha value is -1.85. The standard InChI is InChI=1S/C5H6N6/c6-4-8-1-2-3(10-4)11-5(7)9-2/h1,9H,7H2,(H2,6,8,10)/q+1. The summed E-state index contributed by atoms with van der Waals surface area (Å²) >= 11 is 0. The predicted molar refractivity (Wildman–Crippen MR) is 41.1 cm³/mol. The van der Waals surface area contributed by atoms with Gasteiger partial charge in [0.25, 0.3) is 5.95 Å². The van der Waals surface area contributed by atoms with Gasteiger partial charge in [-0.05, 0) is 0 Å². The Balaban J connectivity index is 2.54. The normalized spacial score (nSPS) is 13.6. The number of rotatable bonds is 0. The molecule has 6 heteroatoms. The third-order valence-corrected chi connectivity index (χ3v) is 1.28. The van der Waals surface area contributed by atoms with Crippen molar-refractivity contribution in [3.63, 3.8) is 0 Å². The zero-order chi connectivity index (χ0) is 7.84. The van der Waals surface area contributed by atoms with Gasteiger partial charge in [-0.25, -0.2) is 4.98 Å². The van der Waals surface area contributed by atoms with E-state index in [1.54, 1.807) is 6.20 Å². The van der Waals surface area contributed by atoms with Crippen LogP contribution in [0, 0.1) is 0 Å². The molecule has 0 aliphatic carbocycles. The smallest absolute Gasteiger partial charge is 0.343 e. The Kier molecular flexibility index (Phi) is 0.974. The van der Waals surface area contributed by atoms with Crippen molar-refractivity contribution < 1.29 is 0 Å². The number of nitrogens with two attached hydrogens (primary N) is 2. The number of guanidine groups is 1. The molecule has 5 N–H and O–H groups in total.